The molecule has 2 rings (SSSR count). The number of anilines is 3. The molecule has 0 radical (unpaired) electrons. The van der Waals surface area contributed by atoms with E-state index in [0.29, 0.717) is 17.6 Å². The Morgan fingerprint density at radius 3 is 3.00 bits per heavy atom. The molecule has 2 heterocycles. The van der Waals surface area contributed by atoms with E-state index in [1.54, 1.807) is 6.07 Å². The number of rotatable bonds is 3. The second-order valence-electron chi connectivity index (χ2n) is 4.69. The first kappa shape index (κ1) is 11.9. The predicted molar refractivity (Wildman–Crippen MR) is 69.6 cm³/mol. The molecule has 1 aliphatic rings. The van der Waals surface area contributed by atoms with E-state index in [2.05, 4.69) is 27.2 Å². The van der Waals surface area contributed by atoms with Crippen LogP contribution in [0.15, 0.2) is 6.07 Å². The van der Waals surface area contributed by atoms with Crippen LogP contribution in [0.25, 0.3) is 0 Å². The molecular formula is C11H20N6. The lowest BCUT2D eigenvalue weighted by atomic mass is 9.98. The average Bonchev–Trinajstić information content (AvgIpc) is 2.25. The molecule has 1 aliphatic heterocycles. The van der Waals surface area contributed by atoms with Crippen molar-refractivity contribution in [2.45, 2.75) is 12.8 Å². The van der Waals surface area contributed by atoms with Gasteiger partial charge in [-0.1, -0.05) is 0 Å². The van der Waals surface area contributed by atoms with Crippen molar-refractivity contribution in [1.29, 1.82) is 0 Å². The van der Waals surface area contributed by atoms with E-state index in [1.807, 2.05) is 0 Å². The molecule has 1 aromatic heterocycles. The van der Waals surface area contributed by atoms with Gasteiger partial charge in [-0.3, -0.25) is 0 Å². The fourth-order valence-corrected chi connectivity index (χ4v) is 2.26. The Morgan fingerprint density at radius 1 is 1.47 bits per heavy atom. The van der Waals surface area contributed by atoms with Gasteiger partial charge in [-0.25, -0.2) is 0 Å². The summed E-state index contributed by atoms with van der Waals surface area (Å²) in [5.74, 6) is 1.99. The van der Waals surface area contributed by atoms with Crippen LogP contribution < -0.4 is 16.8 Å². The molecule has 1 fully saturated rings. The van der Waals surface area contributed by atoms with Crippen molar-refractivity contribution in [2.24, 2.45) is 5.92 Å². The van der Waals surface area contributed by atoms with Gasteiger partial charge < -0.3 is 21.7 Å². The van der Waals surface area contributed by atoms with E-state index < -0.39 is 0 Å². The van der Waals surface area contributed by atoms with Gasteiger partial charge in [-0.2, -0.15) is 9.97 Å². The molecule has 17 heavy (non-hydrogen) atoms. The lowest BCUT2D eigenvalue weighted by molar-refractivity contribution is 0.217. The maximum atomic E-state index is 5.61. The van der Waals surface area contributed by atoms with Crippen molar-refractivity contribution in [1.82, 2.24) is 14.9 Å². The number of nitrogen functional groups attached to an aromatic ring is 2. The number of nitrogens with one attached hydrogen (secondary N) is 1. The summed E-state index contributed by atoms with van der Waals surface area (Å²) in [6, 6.07) is 1.71. The summed E-state index contributed by atoms with van der Waals surface area (Å²) in [6.45, 7) is 3.23. The van der Waals surface area contributed by atoms with Crippen molar-refractivity contribution < 1.29 is 0 Å². The maximum absolute atomic E-state index is 5.61. The Labute approximate surface area is 101 Å². The molecule has 1 aromatic rings. The minimum absolute atomic E-state index is 0.216. The SMILES string of the molecule is CN1CCCC(CNc2cc(N)nc(N)n2)C1. The molecule has 6 nitrogen and oxygen atoms in total. The third-order valence-electron chi connectivity index (χ3n) is 3.06. The maximum Gasteiger partial charge on any atom is 0.223 e. The second-order valence-corrected chi connectivity index (χ2v) is 4.69. The van der Waals surface area contributed by atoms with E-state index >= 15 is 0 Å². The van der Waals surface area contributed by atoms with Gasteiger partial charge in [0.05, 0.1) is 0 Å². The summed E-state index contributed by atoms with van der Waals surface area (Å²) in [7, 11) is 2.16. The topological polar surface area (TPSA) is 93.1 Å². The van der Waals surface area contributed by atoms with Crippen LogP contribution in [0.3, 0.4) is 0 Å². The zero-order chi connectivity index (χ0) is 12.3. The number of aromatic nitrogens is 2. The molecule has 94 valence electrons. The molecule has 0 bridgehead atoms. The predicted octanol–water partition coefficient (Wildman–Crippen LogP) is 0.395. The number of likely N-dealkylation sites (tertiary alicyclic amines) is 1. The average molecular weight is 236 g/mol. The minimum Gasteiger partial charge on any atom is -0.383 e. The summed E-state index contributed by atoms with van der Waals surface area (Å²) in [5, 5.41) is 3.28. The van der Waals surface area contributed by atoms with Crippen LogP contribution in [-0.2, 0) is 0 Å². The van der Waals surface area contributed by atoms with Gasteiger partial charge >= 0.3 is 0 Å². The van der Waals surface area contributed by atoms with Crippen LogP contribution in [0.5, 0.6) is 0 Å². The van der Waals surface area contributed by atoms with Gasteiger partial charge in [-0.05, 0) is 32.4 Å². The molecule has 1 atom stereocenters. The highest BCUT2D eigenvalue weighted by molar-refractivity contribution is 5.48. The lowest BCUT2D eigenvalue weighted by Gasteiger charge is -2.29. The molecule has 1 saturated heterocycles. The van der Waals surface area contributed by atoms with Crippen molar-refractivity contribution in [3.63, 3.8) is 0 Å². The zero-order valence-electron chi connectivity index (χ0n) is 10.2. The Hall–Kier alpha value is -1.56. The fraction of sp³-hybridized carbons (Fsp3) is 0.636. The summed E-state index contributed by atoms with van der Waals surface area (Å²) >= 11 is 0. The molecule has 0 spiro atoms. The molecule has 6 heteroatoms. The van der Waals surface area contributed by atoms with Crippen LogP contribution in [0.2, 0.25) is 0 Å². The first-order valence-corrected chi connectivity index (χ1v) is 5.96. The van der Waals surface area contributed by atoms with Crippen molar-refractivity contribution in [3.8, 4) is 0 Å². The van der Waals surface area contributed by atoms with Crippen molar-refractivity contribution in [2.75, 3.05) is 43.5 Å². The third kappa shape index (κ3) is 3.45. The monoisotopic (exact) mass is 236 g/mol. The van der Waals surface area contributed by atoms with Gasteiger partial charge in [0.25, 0.3) is 0 Å². The molecular weight excluding hydrogens is 216 g/mol. The fourth-order valence-electron chi connectivity index (χ4n) is 2.26. The van der Waals surface area contributed by atoms with Gasteiger partial charge in [0.15, 0.2) is 0 Å². The molecule has 0 saturated carbocycles. The summed E-state index contributed by atoms with van der Waals surface area (Å²) in [6.07, 6.45) is 2.52. The number of piperidine rings is 1. The van der Waals surface area contributed by atoms with E-state index in [1.165, 1.54) is 19.4 Å². The summed E-state index contributed by atoms with van der Waals surface area (Å²) < 4.78 is 0. The lowest BCUT2D eigenvalue weighted by Crippen LogP contribution is -2.35. The Kier molecular flexibility index (Phi) is 3.63. The first-order chi connectivity index (χ1) is 8.13. The second kappa shape index (κ2) is 5.18. The highest BCUT2D eigenvalue weighted by atomic mass is 15.1. The Morgan fingerprint density at radius 2 is 2.29 bits per heavy atom. The van der Waals surface area contributed by atoms with Gasteiger partial charge in [0.1, 0.15) is 11.6 Å². The highest BCUT2D eigenvalue weighted by Crippen LogP contribution is 2.16. The van der Waals surface area contributed by atoms with Gasteiger partial charge in [-0.15, -0.1) is 0 Å². The summed E-state index contributed by atoms with van der Waals surface area (Å²) in [5.41, 5.74) is 11.2. The van der Waals surface area contributed by atoms with Crippen LogP contribution in [0, 0.1) is 5.92 Å². The molecule has 0 aromatic carbocycles. The number of hydrogen-bond donors (Lipinski definition) is 3. The van der Waals surface area contributed by atoms with Crippen LogP contribution >= 0.6 is 0 Å². The van der Waals surface area contributed by atoms with Gasteiger partial charge in [0, 0.05) is 19.2 Å². The number of nitrogens with two attached hydrogens (primary N) is 2. The normalized spacial score (nSPS) is 21.4. The third-order valence-corrected chi connectivity index (χ3v) is 3.06. The molecule has 1 unspecified atom stereocenters. The standard InChI is InChI=1S/C11H20N6/c1-17-4-2-3-8(7-17)6-14-10-5-9(12)15-11(13)16-10/h5,8H,2-4,6-7H2,1H3,(H5,12,13,14,15,16). The van der Waals surface area contributed by atoms with E-state index in [9.17, 15) is 0 Å². The van der Waals surface area contributed by atoms with E-state index in [4.69, 9.17) is 11.5 Å². The Balaban J connectivity index is 1.88. The zero-order valence-corrected chi connectivity index (χ0v) is 10.2. The van der Waals surface area contributed by atoms with Crippen molar-refractivity contribution >= 4 is 17.6 Å². The number of hydrogen-bond acceptors (Lipinski definition) is 6. The van der Waals surface area contributed by atoms with Gasteiger partial charge in [0.2, 0.25) is 5.95 Å². The smallest absolute Gasteiger partial charge is 0.223 e. The van der Waals surface area contributed by atoms with Crippen LogP contribution in [-0.4, -0.2) is 41.5 Å². The van der Waals surface area contributed by atoms with E-state index in [-0.39, 0.29) is 5.95 Å². The van der Waals surface area contributed by atoms with E-state index in [0.717, 1.165) is 13.1 Å². The number of nitrogens with zero attached hydrogens (tertiary/aromatic N) is 3. The molecule has 5 N–H and O–H groups in total. The van der Waals surface area contributed by atoms with Crippen molar-refractivity contribution in [3.05, 3.63) is 6.07 Å². The molecule has 0 amide bonds. The first-order valence-electron chi connectivity index (χ1n) is 5.96. The van der Waals surface area contributed by atoms with Crippen LogP contribution in [0.4, 0.5) is 17.6 Å². The summed E-state index contributed by atoms with van der Waals surface area (Å²) in [4.78, 5) is 10.3. The van der Waals surface area contributed by atoms with Crippen LogP contribution in [0.1, 0.15) is 12.8 Å². The highest BCUT2D eigenvalue weighted by Gasteiger charge is 2.16. The largest absolute Gasteiger partial charge is 0.383 e. The minimum atomic E-state index is 0.216. The quantitative estimate of drug-likeness (QED) is 0.703. The Bertz CT molecular complexity index is 360. The molecule has 0 aliphatic carbocycles.